The molecule has 1 aliphatic heterocycles. The van der Waals surface area contributed by atoms with E-state index in [1.807, 2.05) is 22.6 Å². The van der Waals surface area contributed by atoms with E-state index in [9.17, 15) is 23.1 Å². The lowest BCUT2D eigenvalue weighted by Gasteiger charge is -2.31. The molecule has 2 aromatic carbocycles. The van der Waals surface area contributed by atoms with Crippen molar-refractivity contribution in [2.75, 3.05) is 7.11 Å². The van der Waals surface area contributed by atoms with Gasteiger partial charge in [0, 0.05) is 14.7 Å². The number of carbonyl (C=O) groups is 1. The van der Waals surface area contributed by atoms with Crippen LogP contribution in [0.5, 0.6) is 5.75 Å². The Morgan fingerprint density at radius 3 is 2.30 bits per heavy atom. The fraction of sp³-hybridized carbons (Fsp3) is 0.222. The summed E-state index contributed by atoms with van der Waals surface area (Å²) in [5, 5.41) is 15.0. The Labute approximate surface area is 166 Å². The van der Waals surface area contributed by atoms with E-state index in [-0.39, 0.29) is 11.1 Å². The normalized spacial score (nSPS) is 19.8. The molecule has 0 aromatic heterocycles. The van der Waals surface area contributed by atoms with Gasteiger partial charge >= 0.3 is 6.18 Å². The molecule has 2 aromatic rings. The van der Waals surface area contributed by atoms with E-state index >= 15 is 0 Å². The first-order chi connectivity index (χ1) is 12.6. The fourth-order valence-electron chi connectivity index (χ4n) is 2.71. The monoisotopic (exact) mass is 490 g/mol. The van der Waals surface area contributed by atoms with Crippen LogP contribution in [0.4, 0.5) is 13.2 Å². The van der Waals surface area contributed by atoms with Crippen molar-refractivity contribution in [3.63, 3.8) is 0 Å². The van der Waals surface area contributed by atoms with Gasteiger partial charge in [-0.25, -0.2) is 0 Å². The highest BCUT2D eigenvalue weighted by molar-refractivity contribution is 14.1. The molecule has 1 N–H and O–H groups in total. The number of methoxy groups -OCH3 is 1. The molecule has 9 heteroatoms. The number of ether oxygens (including phenoxy) is 1. The Morgan fingerprint density at radius 1 is 1.19 bits per heavy atom. The second-order valence-electron chi connectivity index (χ2n) is 5.89. The third-order valence-electron chi connectivity index (χ3n) is 4.15. The minimum absolute atomic E-state index is 0.102. The van der Waals surface area contributed by atoms with Gasteiger partial charge in [0.2, 0.25) is 0 Å². The molecule has 0 fully saturated rings. The highest BCUT2D eigenvalue weighted by Crippen LogP contribution is 2.40. The van der Waals surface area contributed by atoms with Crippen molar-refractivity contribution < 1.29 is 27.8 Å². The highest BCUT2D eigenvalue weighted by atomic mass is 127. The van der Waals surface area contributed by atoms with Crippen LogP contribution in [0, 0.1) is 3.57 Å². The lowest BCUT2D eigenvalue weighted by Crippen LogP contribution is -2.43. The third kappa shape index (κ3) is 3.79. The third-order valence-corrected chi connectivity index (χ3v) is 4.87. The van der Waals surface area contributed by atoms with E-state index < -0.39 is 29.9 Å². The number of hydrazone groups is 1. The Balaban J connectivity index is 2.05. The van der Waals surface area contributed by atoms with Gasteiger partial charge in [0.1, 0.15) is 11.5 Å². The second-order valence-corrected chi connectivity index (χ2v) is 7.14. The number of halogens is 4. The number of alkyl halides is 3. The van der Waals surface area contributed by atoms with E-state index in [2.05, 4.69) is 5.10 Å². The van der Waals surface area contributed by atoms with Crippen LogP contribution in [0.15, 0.2) is 53.6 Å². The van der Waals surface area contributed by atoms with Crippen LogP contribution < -0.4 is 4.74 Å². The van der Waals surface area contributed by atoms with E-state index in [0.717, 1.165) is 3.57 Å². The van der Waals surface area contributed by atoms with Gasteiger partial charge in [-0.05, 0) is 59.0 Å². The zero-order valence-corrected chi connectivity index (χ0v) is 16.2. The molecule has 1 heterocycles. The number of aliphatic hydroxyl groups is 1. The van der Waals surface area contributed by atoms with Crippen LogP contribution in [-0.2, 0) is 5.72 Å². The van der Waals surface area contributed by atoms with Crippen molar-refractivity contribution in [1.82, 2.24) is 5.01 Å². The summed E-state index contributed by atoms with van der Waals surface area (Å²) in [6, 6.07) is 12.0. The molecule has 5 nitrogen and oxygen atoms in total. The van der Waals surface area contributed by atoms with Crippen molar-refractivity contribution in [2.24, 2.45) is 5.10 Å². The first-order valence-corrected chi connectivity index (χ1v) is 8.85. The summed E-state index contributed by atoms with van der Waals surface area (Å²) in [5.74, 6) is -0.364. The molecular formula is C18H14F3IN2O3. The smallest absolute Gasteiger partial charge is 0.431 e. The van der Waals surface area contributed by atoms with Crippen LogP contribution in [0.2, 0.25) is 0 Å². The molecule has 3 rings (SSSR count). The van der Waals surface area contributed by atoms with Gasteiger partial charge in [0.25, 0.3) is 5.91 Å². The van der Waals surface area contributed by atoms with Crippen molar-refractivity contribution in [3.8, 4) is 5.75 Å². The molecule has 1 aliphatic rings. The first-order valence-electron chi connectivity index (χ1n) is 7.77. The maximum Gasteiger partial charge on any atom is 0.431 e. The molecule has 0 aliphatic carbocycles. The van der Waals surface area contributed by atoms with Crippen molar-refractivity contribution in [1.29, 1.82) is 0 Å². The van der Waals surface area contributed by atoms with Crippen molar-refractivity contribution in [3.05, 3.63) is 63.2 Å². The van der Waals surface area contributed by atoms with E-state index in [1.54, 1.807) is 12.1 Å². The lowest BCUT2D eigenvalue weighted by molar-refractivity contribution is -0.0816. The predicted octanol–water partition coefficient (Wildman–Crippen LogP) is 3.91. The van der Waals surface area contributed by atoms with E-state index in [4.69, 9.17) is 4.74 Å². The summed E-state index contributed by atoms with van der Waals surface area (Å²) in [4.78, 5) is 12.8. The number of hydrogen-bond donors (Lipinski definition) is 1. The minimum Gasteiger partial charge on any atom is -0.497 e. The number of benzene rings is 2. The molecule has 0 spiro atoms. The summed E-state index contributed by atoms with van der Waals surface area (Å²) in [7, 11) is 1.44. The maximum absolute atomic E-state index is 13.2. The van der Waals surface area contributed by atoms with Gasteiger partial charge in [0.15, 0.2) is 5.72 Å². The first kappa shape index (κ1) is 19.6. The number of amides is 1. The number of hydrogen-bond acceptors (Lipinski definition) is 4. The van der Waals surface area contributed by atoms with Crippen LogP contribution in [0.1, 0.15) is 22.3 Å². The Hall–Kier alpha value is -2.14. The Bertz CT molecular complexity index is 882. The quantitative estimate of drug-likeness (QED) is 0.665. The standard InChI is InChI=1S/C18H14F3IN2O3/c1-27-14-8-4-12(5-9-14)17(26)10-15(18(19,20)21)23-24(17)16(25)11-2-6-13(22)7-3-11/h2-9,26H,10H2,1H3/t17-/m0/s1. The topological polar surface area (TPSA) is 62.1 Å². The molecule has 0 saturated heterocycles. The predicted molar refractivity (Wildman–Crippen MR) is 100 cm³/mol. The van der Waals surface area contributed by atoms with Crippen molar-refractivity contribution in [2.45, 2.75) is 18.3 Å². The SMILES string of the molecule is COc1ccc([C@@]2(O)CC(C(F)(F)F)=NN2C(=O)c2ccc(I)cc2)cc1. The summed E-state index contributed by atoms with van der Waals surface area (Å²) >= 11 is 2.04. The largest absolute Gasteiger partial charge is 0.497 e. The molecule has 0 unspecified atom stereocenters. The molecule has 0 saturated carbocycles. The fourth-order valence-corrected chi connectivity index (χ4v) is 3.07. The maximum atomic E-state index is 13.2. The van der Waals surface area contributed by atoms with Crippen LogP contribution in [-0.4, -0.2) is 35.0 Å². The average molecular weight is 490 g/mol. The molecular weight excluding hydrogens is 476 g/mol. The van der Waals surface area contributed by atoms with Gasteiger partial charge in [-0.2, -0.15) is 23.3 Å². The summed E-state index contributed by atoms with van der Waals surface area (Å²) in [6.07, 6.45) is -5.62. The molecule has 0 radical (unpaired) electrons. The molecule has 0 bridgehead atoms. The number of nitrogens with zero attached hydrogens (tertiary/aromatic N) is 2. The zero-order valence-electron chi connectivity index (χ0n) is 14.0. The van der Waals surface area contributed by atoms with E-state index in [0.29, 0.717) is 10.8 Å². The second kappa shape index (κ2) is 7.12. The molecule has 1 amide bonds. The van der Waals surface area contributed by atoms with Crippen molar-refractivity contribution >= 4 is 34.2 Å². The van der Waals surface area contributed by atoms with E-state index in [1.165, 1.54) is 43.5 Å². The van der Waals surface area contributed by atoms with Gasteiger partial charge in [-0.15, -0.1) is 0 Å². The Morgan fingerprint density at radius 2 is 1.78 bits per heavy atom. The molecule has 142 valence electrons. The number of rotatable bonds is 3. The van der Waals surface area contributed by atoms with Gasteiger partial charge in [0.05, 0.1) is 13.5 Å². The van der Waals surface area contributed by atoms with Crippen LogP contribution in [0.25, 0.3) is 0 Å². The summed E-state index contributed by atoms with van der Waals surface area (Å²) < 4.78 is 45.6. The molecule has 1 atom stereocenters. The summed E-state index contributed by atoms with van der Waals surface area (Å²) in [5.41, 5.74) is -3.25. The average Bonchev–Trinajstić information content (AvgIpc) is 3.01. The Kier molecular flexibility index (Phi) is 5.17. The zero-order chi connectivity index (χ0) is 19.8. The van der Waals surface area contributed by atoms with Gasteiger partial charge < -0.3 is 9.84 Å². The highest BCUT2D eigenvalue weighted by Gasteiger charge is 2.53. The van der Waals surface area contributed by atoms with Crippen LogP contribution >= 0.6 is 22.6 Å². The van der Waals surface area contributed by atoms with Gasteiger partial charge in [-0.3, -0.25) is 4.79 Å². The van der Waals surface area contributed by atoms with Crippen LogP contribution in [0.3, 0.4) is 0 Å². The molecule has 27 heavy (non-hydrogen) atoms. The summed E-state index contributed by atoms with van der Waals surface area (Å²) in [6.45, 7) is 0. The minimum atomic E-state index is -4.76. The number of carbonyl (C=O) groups excluding carboxylic acids is 1. The lowest BCUT2D eigenvalue weighted by atomic mass is 9.96. The van der Waals surface area contributed by atoms with Gasteiger partial charge in [-0.1, -0.05) is 12.1 Å².